The van der Waals surface area contributed by atoms with Crippen LogP contribution in [0.5, 0.6) is 11.5 Å². The zero-order valence-electron chi connectivity index (χ0n) is 21.9. The van der Waals surface area contributed by atoms with E-state index in [2.05, 4.69) is 5.10 Å². The number of hydrogen-bond donors (Lipinski definition) is 0. The highest BCUT2D eigenvalue weighted by atomic mass is 32.2. The minimum absolute atomic E-state index is 0.0793. The van der Waals surface area contributed by atoms with Crippen LogP contribution in [0.3, 0.4) is 0 Å². The molecule has 0 aliphatic carbocycles. The van der Waals surface area contributed by atoms with E-state index in [0.29, 0.717) is 35.8 Å². The maximum absolute atomic E-state index is 12.5. The fraction of sp³-hybridized carbons (Fsp3) is 0.400. The molecule has 5 rings (SSSR count). The number of aromatic nitrogens is 2. The lowest BCUT2D eigenvalue weighted by Gasteiger charge is -2.37. The molecule has 202 valence electrons. The van der Waals surface area contributed by atoms with Gasteiger partial charge in [0.05, 0.1) is 29.6 Å². The summed E-state index contributed by atoms with van der Waals surface area (Å²) in [6, 6.07) is 10.6. The Morgan fingerprint density at radius 3 is 2.34 bits per heavy atom. The van der Waals surface area contributed by atoms with Crippen molar-refractivity contribution in [2.75, 3.05) is 52.3 Å². The third-order valence-electron chi connectivity index (χ3n) is 7.00. The second kappa shape index (κ2) is 9.26. The number of nitro benzene ring substituents is 1. The van der Waals surface area contributed by atoms with Gasteiger partial charge in [0.1, 0.15) is 22.8 Å². The Morgan fingerprint density at radius 1 is 1.11 bits per heavy atom. The predicted octanol–water partition coefficient (Wildman–Crippen LogP) is 3.01. The molecule has 3 heterocycles. The summed E-state index contributed by atoms with van der Waals surface area (Å²) < 4.78 is 41.0. The van der Waals surface area contributed by atoms with Gasteiger partial charge in [0, 0.05) is 63.5 Å². The van der Waals surface area contributed by atoms with Gasteiger partial charge in [-0.1, -0.05) is 0 Å². The van der Waals surface area contributed by atoms with E-state index >= 15 is 0 Å². The zero-order valence-corrected chi connectivity index (χ0v) is 22.7. The van der Waals surface area contributed by atoms with Gasteiger partial charge in [0.2, 0.25) is 0 Å². The summed E-state index contributed by atoms with van der Waals surface area (Å²) >= 11 is 0. The number of nitro groups is 1. The Bertz CT molecular complexity index is 1490. The van der Waals surface area contributed by atoms with Crippen molar-refractivity contribution in [1.29, 1.82) is 0 Å². The van der Waals surface area contributed by atoms with Crippen LogP contribution in [0.4, 0.5) is 11.4 Å². The number of hydrogen-bond acceptors (Lipinski definition) is 8. The Balaban J connectivity index is 1.57. The highest BCUT2D eigenvalue weighted by molar-refractivity contribution is 7.86. The fourth-order valence-corrected chi connectivity index (χ4v) is 6.00. The summed E-state index contributed by atoms with van der Waals surface area (Å²) in [4.78, 5) is 13.7. The van der Waals surface area contributed by atoms with Crippen LogP contribution in [0.25, 0.3) is 16.9 Å². The summed E-state index contributed by atoms with van der Waals surface area (Å²) in [5, 5.41) is 16.9. The van der Waals surface area contributed by atoms with E-state index in [4.69, 9.17) is 9.47 Å². The minimum Gasteiger partial charge on any atom is -0.497 e. The molecule has 0 saturated carbocycles. The van der Waals surface area contributed by atoms with Crippen LogP contribution in [0.2, 0.25) is 0 Å². The van der Waals surface area contributed by atoms with Crippen molar-refractivity contribution in [1.82, 2.24) is 18.4 Å². The van der Waals surface area contributed by atoms with E-state index in [9.17, 15) is 18.5 Å². The van der Waals surface area contributed by atoms with E-state index in [1.54, 1.807) is 24.1 Å². The van der Waals surface area contributed by atoms with Gasteiger partial charge in [0.25, 0.3) is 15.9 Å². The SMILES string of the molecule is COc1ccc(-n2ncc3c2-c2cc([N+](=O)[O-])c(N4CCN(S(=O)(=O)N(C)C)CC4)cc2OC3(C)C)cc1. The smallest absolute Gasteiger partial charge is 0.293 e. The molecule has 0 bridgehead atoms. The number of ether oxygens (including phenoxy) is 2. The van der Waals surface area contributed by atoms with E-state index in [1.165, 1.54) is 28.8 Å². The molecule has 0 unspecified atom stereocenters. The zero-order chi connectivity index (χ0) is 27.4. The van der Waals surface area contributed by atoms with Gasteiger partial charge in [0.15, 0.2) is 0 Å². The lowest BCUT2D eigenvalue weighted by Crippen LogP contribution is -2.51. The van der Waals surface area contributed by atoms with Crippen molar-refractivity contribution in [2.45, 2.75) is 19.4 Å². The van der Waals surface area contributed by atoms with Gasteiger partial charge >= 0.3 is 0 Å². The van der Waals surface area contributed by atoms with Gasteiger partial charge in [-0.25, -0.2) is 4.68 Å². The van der Waals surface area contributed by atoms with Crippen LogP contribution in [0.1, 0.15) is 19.4 Å². The Kier molecular flexibility index (Phi) is 6.32. The molecule has 13 heteroatoms. The maximum atomic E-state index is 12.5. The van der Waals surface area contributed by atoms with E-state index in [0.717, 1.165) is 16.9 Å². The first-order chi connectivity index (χ1) is 17.9. The average Bonchev–Trinajstić information content (AvgIpc) is 3.34. The molecule has 0 atom stereocenters. The summed E-state index contributed by atoms with van der Waals surface area (Å²) in [6.45, 7) is 4.92. The lowest BCUT2D eigenvalue weighted by molar-refractivity contribution is -0.384. The van der Waals surface area contributed by atoms with Crippen LogP contribution >= 0.6 is 0 Å². The molecular formula is C25H30N6O6S. The normalized spacial score (nSPS) is 17.1. The summed E-state index contributed by atoms with van der Waals surface area (Å²) in [5.74, 6) is 1.21. The monoisotopic (exact) mass is 542 g/mol. The quantitative estimate of drug-likeness (QED) is 0.344. The van der Waals surface area contributed by atoms with Crippen molar-refractivity contribution >= 4 is 21.6 Å². The minimum atomic E-state index is -3.56. The van der Waals surface area contributed by atoms with E-state index in [-0.39, 0.29) is 18.8 Å². The lowest BCUT2D eigenvalue weighted by atomic mass is 9.91. The number of piperazine rings is 1. The highest BCUT2D eigenvalue weighted by Gasteiger charge is 2.39. The first-order valence-electron chi connectivity index (χ1n) is 12.1. The molecule has 0 amide bonds. The Labute approximate surface area is 221 Å². The number of benzene rings is 2. The fourth-order valence-electron chi connectivity index (χ4n) is 4.91. The van der Waals surface area contributed by atoms with Gasteiger partial charge in [-0.3, -0.25) is 10.1 Å². The van der Waals surface area contributed by atoms with Gasteiger partial charge in [-0.15, -0.1) is 0 Å². The van der Waals surface area contributed by atoms with Crippen molar-refractivity contribution in [3.63, 3.8) is 0 Å². The van der Waals surface area contributed by atoms with Crippen LogP contribution in [0.15, 0.2) is 42.6 Å². The molecule has 2 aromatic carbocycles. The van der Waals surface area contributed by atoms with Gasteiger partial charge < -0.3 is 14.4 Å². The molecule has 1 fully saturated rings. The molecule has 38 heavy (non-hydrogen) atoms. The van der Waals surface area contributed by atoms with Crippen molar-refractivity contribution in [3.8, 4) is 28.4 Å². The molecule has 2 aliphatic heterocycles. The Hall–Kier alpha value is -3.68. The number of anilines is 1. The topological polar surface area (TPSA) is 123 Å². The first-order valence-corrected chi connectivity index (χ1v) is 13.5. The van der Waals surface area contributed by atoms with Crippen LogP contribution in [0, 0.1) is 10.1 Å². The summed E-state index contributed by atoms with van der Waals surface area (Å²) in [6.07, 6.45) is 1.73. The third kappa shape index (κ3) is 4.25. The van der Waals surface area contributed by atoms with Crippen molar-refractivity contribution in [3.05, 3.63) is 58.3 Å². The number of fused-ring (bicyclic) bond motifs is 3. The standard InChI is InChI=1S/C25H30N6O6S/c1-25(2)20-16-26-30(17-6-8-18(36-5)9-7-17)24(20)19-14-22(31(32)33)21(15-23(19)37-25)28-10-12-29(13-11-28)38(34,35)27(3)4/h6-9,14-16H,10-13H2,1-5H3. The largest absolute Gasteiger partial charge is 0.497 e. The van der Waals surface area contributed by atoms with Crippen molar-refractivity contribution in [2.24, 2.45) is 0 Å². The molecular weight excluding hydrogens is 512 g/mol. The van der Waals surface area contributed by atoms with Crippen LogP contribution in [-0.4, -0.2) is 79.1 Å². The van der Waals surface area contributed by atoms with Gasteiger partial charge in [-0.2, -0.15) is 22.1 Å². The highest BCUT2D eigenvalue weighted by Crippen LogP contribution is 2.49. The molecule has 1 aromatic heterocycles. The van der Waals surface area contributed by atoms with Crippen LogP contribution < -0.4 is 14.4 Å². The molecule has 0 spiro atoms. The second-order valence-electron chi connectivity index (χ2n) is 9.90. The predicted molar refractivity (Wildman–Crippen MR) is 142 cm³/mol. The number of methoxy groups -OCH3 is 1. The average molecular weight is 543 g/mol. The molecule has 3 aromatic rings. The number of rotatable bonds is 6. The van der Waals surface area contributed by atoms with Crippen molar-refractivity contribution < 1.29 is 22.8 Å². The molecule has 0 radical (unpaired) electrons. The van der Waals surface area contributed by atoms with Crippen LogP contribution in [-0.2, 0) is 15.8 Å². The Morgan fingerprint density at radius 2 is 1.76 bits per heavy atom. The number of nitrogens with zero attached hydrogens (tertiary/aromatic N) is 6. The summed E-state index contributed by atoms with van der Waals surface area (Å²) in [5.41, 5.74) is 2.45. The maximum Gasteiger partial charge on any atom is 0.293 e. The molecule has 0 N–H and O–H groups in total. The molecule has 12 nitrogen and oxygen atoms in total. The second-order valence-corrected chi connectivity index (χ2v) is 12.0. The van der Waals surface area contributed by atoms with Gasteiger partial charge in [-0.05, 0) is 38.1 Å². The third-order valence-corrected chi connectivity index (χ3v) is 8.94. The molecule has 2 aliphatic rings. The van der Waals surface area contributed by atoms with E-state index < -0.39 is 20.7 Å². The summed E-state index contributed by atoms with van der Waals surface area (Å²) in [7, 11) is 1.01. The molecule has 1 saturated heterocycles. The van der Waals surface area contributed by atoms with E-state index in [1.807, 2.05) is 43.0 Å². The first kappa shape index (κ1) is 25.9.